The molecule has 0 saturated carbocycles. The van der Waals surface area contributed by atoms with Crippen molar-refractivity contribution in [2.75, 3.05) is 0 Å². The van der Waals surface area contributed by atoms with E-state index in [4.69, 9.17) is 0 Å². The highest BCUT2D eigenvalue weighted by molar-refractivity contribution is 5.75. The summed E-state index contributed by atoms with van der Waals surface area (Å²) in [6.45, 7) is 3.74. The number of rotatable bonds is 1. The molecule has 0 heterocycles. The molecule has 0 aliphatic heterocycles. The normalized spacial score (nSPS) is 28.9. The van der Waals surface area contributed by atoms with Crippen LogP contribution < -0.4 is 0 Å². The molecule has 0 spiro atoms. The second kappa shape index (κ2) is 3.80. The summed E-state index contributed by atoms with van der Waals surface area (Å²) in [5.74, 6) is 0.220. The molecule has 2 heteroatoms. The van der Waals surface area contributed by atoms with E-state index in [0.717, 1.165) is 11.1 Å². The molecule has 0 saturated heterocycles. The molecule has 2 unspecified atom stereocenters. The number of hydrogen-bond donors (Lipinski definition) is 2. The minimum atomic E-state index is -0.855. The van der Waals surface area contributed by atoms with Crippen LogP contribution in [0.5, 0.6) is 5.75 Å². The van der Waals surface area contributed by atoms with Gasteiger partial charge in [0.2, 0.25) is 0 Å². The summed E-state index contributed by atoms with van der Waals surface area (Å²) in [6, 6.07) is 7.21. The lowest BCUT2D eigenvalue weighted by molar-refractivity contribution is 0.0770. The summed E-state index contributed by atoms with van der Waals surface area (Å²) in [6.07, 6.45) is 5.56. The van der Waals surface area contributed by atoms with Crippen molar-refractivity contribution in [1.29, 1.82) is 0 Å². The Kier molecular flexibility index (Phi) is 2.60. The van der Waals surface area contributed by atoms with Crippen LogP contribution in [-0.2, 0) is 0 Å². The summed E-state index contributed by atoms with van der Waals surface area (Å²) in [5, 5.41) is 20.0. The van der Waals surface area contributed by atoms with Gasteiger partial charge in [-0.2, -0.15) is 0 Å². The molecule has 1 aromatic rings. The Hall–Kier alpha value is -1.54. The Morgan fingerprint density at radius 1 is 1.25 bits per heavy atom. The Balaban J connectivity index is 2.47. The van der Waals surface area contributed by atoms with Crippen LogP contribution >= 0.6 is 0 Å². The van der Waals surface area contributed by atoms with E-state index in [-0.39, 0.29) is 11.7 Å². The maximum atomic E-state index is 10.2. The van der Waals surface area contributed by atoms with Gasteiger partial charge >= 0.3 is 0 Å². The highest BCUT2D eigenvalue weighted by atomic mass is 16.3. The van der Waals surface area contributed by atoms with Crippen LogP contribution in [0, 0.1) is 5.92 Å². The predicted octanol–water partition coefficient (Wildman–Crippen LogP) is 2.73. The monoisotopic (exact) mass is 216 g/mol. The Labute approximate surface area is 95.6 Å². The van der Waals surface area contributed by atoms with Gasteiger partial charge in [0, 0.05) is 11.5 Å². The van der Waals surface area contributed by atoms with Gasteiger partial charge in [-0.3, -0.25) is 0 Å². The van der Waals surface area contributed by atoms with Crippen LogP contribution in [-0.4, -0.2) is 15.8 Å². The van der Waals surface area contributed by atoms with Gasteiger partial charge in [-0.15, -0.1) is 0 Å². The lowest BCUT2D eigenvalue weighted by Crippen LogP contribution is -2.32. The van der Waals surface area contributed by atoms with E-state index in [9.17, 15) is 10.2 Å². The summed E-state index contributed by atoms with van der Waals surface area (Å²) in [4.78, 5) is 0. The van der Waals surface area contributed by atoms with Gasteiger partial charge < -0.3 is 10.2 Å². The molecule has 2 atom stereocenters. The maximum absolute atomic E-state index is 10.2. The number of benzene rings is 1. The fraction of sp³-hybridized carbons (Fsp3) is 0.286. The predicted molar refractivity (Wildman–Crippen MR) is 65.0 cm³/mol. The first-order valence-electron chi connectivity index (χ1n) is 5.42. The van der Waals surface area contributed by atoms with E-state index < -0.39 is 5.60 Å². The fourth-order valence-electron chi connectivity index (χ4n) is 1.99. The molecule has 2 N–H and O–H groups in total. The molecule has 16 heavy (non-hydrogen) atoms. The number of phenols is 1. The number of aromatic hydroxyl groups is 1. The molecule has 0 radical (unpaired) electrons. The second-order valence-corrected chi connectivity index (χ2v) is 4.45. The van der Waals surface area contributed by atoms with Gasteiger partial charge in [0.1, 0.15) is 5.75 Å². The van der Waals surface area contributed by atoms with E-state index in [2.05, 4.69) is 0 Å². The second-order valence-electron chi connectivity index (χ2n) is 4.45. The average molecular weight is 216 g/mol. The molecule has 84 valence electrons. The summed E-state index contributed by atoms with van der Waals surface area (Å²) in [5.41, 5.74) is 0.900. The zero-order valence-corrected chi connectivity index (χ0v) is 9.51. The average Bonchev–Trinajstić information content (AvgIpc) is 2.23. The first kappa shape index (κ1) is 11.0. The largest absolute Gasteiger partial charge is 0.507 e. The molecular weight excluding hydrogens is 200 g/mol. The third-order valence-corrected chi connectivity index (χ3v) is 3.27. The Bertz CT molecular complexity index is 456. The molecule has 2 nitrogen and oxygen atoms in total. The Morgan fingerprint density at radius 2 is 1.94 bits per heavy atom. The molecule has 1 aliphatic rings. The SMILES string of the molecule is CC1C(c2ccccc2O)=CC=CC1(C)O. The van der Waals surface area contributed by atoms with Crippen LogP contribution in [0.15, 0.2) is 42.5 Å². The summed E-state index contributed by atoms with van der Waals surface area (Å²) in [7, 11) is 0. The lowest BCUT2D eigenvalue weighted by atomic mass is 9.78. The van der Waals surface area contributed by atoms with Crippen molar-refractivity contribution in [2.24, 2.45) is 5.92 Å². The zero-order chi connectivity index (χ0) is 11.8. The Morgan fingerprint density at radius 3 is 2.62 bits per heavy atom. The summed E-state index contributed by atoms with van der Waals surface area (Å²) < 4.78 is 0. The highest BCUT2D eigenvalue weighted by Crippen LogP contribution is 2.38. The van der Waals surface area contributed by atoms with E-state index in [1.54, 1.807) is 25.1 Å². The van der Waals surface area contributed by atoms with Crippen LogP contribution in [0.3, 0.4) is 0 Å². The quantitative estimate of drug-likeness (QED) is 0.757. The smallest absolute Gasteiger partial charge is 0.123 e. The molecule has 2 rings (SSSR count). The van der Waals surface area contributed by atoms with Crippen molar-refractivity contribution in [2.45, 2.75) is 19.4 Å². The van der Waals surface area contributed by atoms with Gasteiger partial charge in [-0.05, 0) is 18.6 Å². The molecular formula is C14H16O2. The number of aliphatic hydroxyl groups is 1. The molecule has 0 fully saturated rings. The van der Waals surface area contributed by atoms with Crippen LogP contribution in [0.25, 0.3) is 5.57 Å². The minimum absolute atomic E-state index is 0.0363. The minimum Gasteiger partial charge on any atom is -0.507 e. The van der Waals surface area contributed by atoms with E-state index in [0.29, 0.717) is 0 Å². The van der Waals surface area contributed by atoms with Crippen molar-refractivity contribution in [1.82, 2.24) is 0 Å². The van der Waals surface area contributed by atoms with Gasteiger partial charge in [0.05, 0.1) is 5.60 Å². The van der Waals surface area contributed by atoms with E-state index in [1.165, 1.54) is 0 Å². The first-order chi connectivity index (χ1) is 7.52. The molecule has 0 amide bonds. The third kappa shape index (κ3) is 1.76. The summed E-state index contributed by atoms with van der Waals surface area (Å²) >= 11 is 0. The highest BCUT2D eigenvalue weighted by Gasteiger charge is 2.31. The molecule has 0 bridgehead atoms. The lowest BCUT2D eigenvalue weighted by Gasteiger charge is -2.32. The third-order valence-electron chi connectivity index (χ3n) is 3.27. The van der Waals surface area contributed by atoms with Crippen molar-refractivity contribution in [3.05, 3.63) is 48.1 Å². The van der Waals surface area contributed by atoms with Crippen LogP contribution in [0.1, 0.15) is 19.4 Å². The maximum Gasteiger partial charge on any atom is 0.123 e. The first-order valence-corrected chi connectivity index (χ1v) is 5.42. The number of phenolic OH excluding ortho intramolecular Hbond substituents is 1. The van der Waals surface area contributed by atoms with Gasteiger partial charge in [-0.1, -0.05) is 43.4 Å². The standard InChI is InChI=1S/C14H16O2/c1-10-11(7-5-9-14(10,2)16)12-6-3-4-8-13(12)15/h3-10,15-16H,1-2H3. The van der Waals surface area contributed by atoms with Crippen LogP contribution in [0.2, 0.25) is 0 Å². The number of para-hydroxylation sites is 1. The van der Waals surface area contributed by atoms with Crippen LogP contribution in [0.4, 0.5) is 0 Å². The zero-order valence-electron chi connectivity index (χ0n) is 9.51. The fourth-order valence-corrected chi connectivity index (χ4v) is 1.99. The number of hydrogen-bond acceptors (Lipinski definition) is 2. The molecule has 0 aromatic heterocycles. The van der Waals surface area contributed by atoms with Gasteiger partial charge in [0.25, 0.3) is 0 Å². The van der Waals surface area contributed by atoms with Crippen molar-refractivity contribution in [3.8, 4) is 5.75 Å². The molecule has 1 aromatic carbocycles. The van der Waals surface area contributed by atoms with Gasteiger partial charge in [-0.25, -0.2) is 0 Å². The topological polar surface area (TPSA) is 40.5 Å². The van der Waals surface area contributed by atoms with Gasteiger partial charge in [0.15, 0.2) is 0 Å². The van der Waals surface area contributed by atoms with E-state index >= 15 is 0 Å². The van der Waals surface area contributed by atoms with Crippen molar-refractivity contribution < 1.29 is 10.2 Å². The van der Waals surface area contributed by atoms with E-state index in [1.807, 2.05) is 31.2 Å². The van der Waals surface area contributed by atoms with Crippen molar-refractivity contribution >= 4 is 5.57 Å². The number of allylic oxidation sites excluding steroid dienone is 2. The molecule has 1 aliphatic carbocycles. The van der Waals surface area contributed by atoms with Crippen molar-refractivity contribution in [3.63, 3.8) is 0 Å².